The second-order valence-electron chi connectivity index (χ2n) is 8.87. The number of anilines is 4. The van der Waals surface area contributed by atoms with Gasteiger partial charge in [-0.1, -0.05) is 12.8 Å². The fourth-order valence-corrected chi connectivity index (χ4v) is 4.63. The molecular formula is C25H34N6O5. The van der Waals surface area contributed by atoms with Gasteiger partial charge in [0.15, 0.2) is 5.82 Å². The summed E-state index contributed by atoms with van der Waals surface area (Å²) in [7, 11) is 3.30. The van der Waals surface area contributed by atoms with Crippen molar-refractivity contribution >= 4 is 35.0 Å². The van der Waals surface area contributed by atoms with Crippen molar-refractivity contribution in [1.29, 1.82) is 0 Å². The molecule has 3 N–H and O–H groups in total. The molecule has 1 fully saturated rings. The van der Waals surface area contributed by atoms with Gasteiger partial charge in [-0.05, 0) is 31.0 Å². The lowest BCUT2D eigenvalue weighted by Crippen LogP contribution is -2.34. The molecule has 0 atom stereocenters. The van der Waals surface area contributed by atoms with Crippen molar-refractivity contribution in [3.8, 4) is 5.75 Å². The van der Waals surface area contributed by atoms with Gasteiger partial charge in [-0.3, -0.25) is 9.59 Å². The highest BCUT2D eigenvalue weighted by Gasteiger charge is 2.31. The predicted molar refractivity (Wildman–Crippen MR) is 136 cm³/mol. The van der Waals surface area contributed by atoms with Crippen molar-refractivity contribution in [2.75, 3.05) is 62.2 Å². The molecule has 11 nitrogen and oxygen atoms in total. The van der Waals surface area contributed by atoms with Crippen LogP contribution in [-0.4, -0.2) is 80.0 Å². The number of benzene rings is 1. The maximum Gasteiger partial charge on any atom is 0.251 e. The number of hydrogen-bond acceptors (Lipinski definition) is 9. The number of aliphatic hydroxyl groups excluding tert-OH is 1. The summed E-state index contributed by atoms with van der Waals surface area (Å²) < 4.78 is 10.7. The first kappa shape index (κ1) is 25.6. The SMILES string of the molecule is COc1cc(C(=O)NCCOCCO)ccc1Nc1ncc2c(n1)N(C1CCCC1)CCC(=O)N2C. The maximum atomic E-state index is 12.6. The fraction of sp³-hybridized carbons (Fsp3) is 0.520. The minimum atomic E-state index is -0.256. The molecule has 2 aromatic rings. The lowest BCUT2D eigenvalue weighted by molar-refractivity contribution is -0.118. The van der Waals surface area contributed by atoms with Crippen LogP contribution in [0.1, 0.15) is 42.5 Å². The van der Waals surface area contributed by atoms with Crippen LogP contribution in [0.5, 0.6) is 5.75 Å². The second-order valence-corrected chi connectivity index (χ2v) is 8.87. The summed E-state index contributed by atoms with van der Waals surface area (Å²) >= 11 is 0. The average molecular weight is 499 g/mol. The summed E-state index contributed by atoms with van der Waals surface area (Å²) in [5, 5.41) is 14.7. The van der Waals surface area contributed by atoms with Gasteiger partial charge in [-0.2, -0.15) is 4.98 Å². The Morgan fingerprint density at radius 1 is 1.25 bits per heavy atom. The Morgan fingerprint density at radius 3 is 2.81 bits per heavy atom. The highest BCUT2D eigenvalue weighted by molar-refractivity contribution is 5.97. The van der Waals surface area contributed by atoms with E-state index in [-0.39, 0.29) is 25.0 Å². The van der Waals surface area contributed by atoms with Crippen molar-refractivity contribution < 1.29 is 24.2 Å². The molecule has 36 heavy (non-hydrogen) atoms. The Bertz CT molecular complexity index is 1070. The zero-order valence-electron chi connectivity index (χ0n) is 20.8. The van der Waals surface area contributed by atoms with Crippen LogP contribution in [0.3, 0.4) is 0 Å². The molecule has 0 unspecified atom stereocenters. The normalized spacial score (nSPS) is 16.0. The van der Waals surface area contributed by atoms with Gasteiger partial charge in [0.2, 0.25) is 11.9 Å². The van der Waals surface area contributed by atoms with Crippen molar-refractivity contribution in [2.24, 2.45) is 0 Å². The number of aromatic nitrogens is 2. The largest absolute Gasteiger partial charge is 0.495 e. The van der Waals surface area contributed by atoms with E-state index in [1.54, 1.807) is 36.3 Å². The molecule has 1 saturated carbocycles. The highest BCUT2D eigenvalue weighted by Crippen LogP contribution is 2.36. The smallest absolute Gasteiger partial charge is 0.251 e. The molecule has 11 heteroatoms. The summed E-state index contributed by atoms with van der Waals surface area (Å²) in [6.45, 7) is 1.46. The molecule has 4 rings (SSSR count). The number of fused-ring (bicyclic) bond motifs is 1. The summed E-state index contributed by atoms with van der Waals surface area (Å²) in [6.07, 6.45) is 6.68. The molecule has 0 spiro atoms. The molecule has 0 saturated heterocycles. The van der Waals surface area contributed by atoms with Gasteiger partial charge in [0.05, 0.1) is 38.8 Å². The van der Waals surface area contributed by atoms with Gasteiger partial charge >= 0.3 is 0 Å². The van der Waals surface area contributed by atoms with Crippen LogP contribution in [0.2, 0.25) is 0 Å². The van der Waals surface area contributed by atoms with Gasteiger partial charge in [-0.15, -0.1) is 0 Å². The number of rotatable bonds is 10. The van der Waals surface area contributed by atoms with Gasteiger partial charge in [0.1, 0.15) is 11.4 Å². The first-order valence-corrected chi connectivity index (χ1v) is 12.3. The van der Waals surface area contributed by atoms with E-state index < -0.39 is 0 Å². The number of nitrogens with one attached hydrogen (secondary N) is 2. The Morgan fingerprint density at radius 2 is 2.06 bits per heavy atom. The minimum absolute atomic E-state index is 0.0524. The lowest BCUT2D eigenvalue weighted by Gasteiger charge is -2.30. The van der Waals surface area contributed by atoms with Crippen LogP contribution in [0.15, 0.2) is 24.4 Å². The number of ether oxygens (including phenoxy) is 2. The summed E-state index contributed by atoms with van der Waals surface area (Å²) in [5.74, 6) is 1.41. The molecule has 194 valence electrons. The highest BCUT2D eigenvalue weighted by atomic mass is 16.5. The van der Waals surface area contributed by atoms with E-state index >= 15 is 0 Å². The molecule has 1 aromatic heterocycles. The third-order valence-electron chi connectivity index (χ3n) is 6.57. The Kier molecular flexibility index (Phi) is 8.55. The Hall–Kier alpha value is -3.44. The van der Waals surface area contributed by atoms with E-state index in [1.165, 1.54) is 20.0 Å². The Balaban J connectivity index is 1.52. The number of amides is 2. The van der Waals surface area contributed by atoms with Crippen molar-refractivity contribution in [2.45, 2.75) is 38.1 Å². The topological polar surface area (TPSA) is 129 Å². The predicted octanol–water partition coefficient (Wildman–Crippen LogP) is 2.08. The fourth-order valence-electron chi connectivity index (χ4n) is 4.63. The van der Waals surface area contributed by atoms with Crippen molar-refractivity contribution in [3.05, 3.63) is 30.0 Å². The first-order chi connectivity index (χ1) is 17.5. The third kappa shape index (κ3) is 5.85. The van der Waals surface area contributed by atoms with E-state index in [9.17, 15) is 9.59 Å². The first-order valence-electron chi connectivity index (χ1n) is 12.3. The molecule has 0 bridgehead atoms. The standard InChI is InChI=1S/C25H34N6O5/c1-30-20-16-27-25(29-23(20)31(11-9-22(30)33)18-5-3-4-6-18)28-19-8-7-17(15-21(19)35-2)24(34)26-10-13-36-14-12-32/h7-8,15-16,18,32H,3-6,9-14H2,1-2H3,(H,26,34)(H,27,28,29). The average Bonchev–Trinajstić information content (AvgIpc) is 3.39. The van der Waals surface area contributed by atoms with Crippen molar-refractivity contribution in [1.82, 2.24) is 15.3 Å². The van der Waals surface area contributed by atoms with Crippen molar-refractivity contribution in [3.63, 3.8) is 0 Å². The third-order valence-corrected chi connectivity index (χ3v) is 6.57. The van der Waals surface area contributed by atoms with E-state index in [2.05, 4.69) is 20.5 Å². The van der Waals surface area contributed by atoms with Gasteiger partial charge < -0.3 is 35.0 Å². The van der Waals surface area contributed by atoms with Crippen LogP contribution in [0.25, 0.3) is 0 Å². The molecule has 0 radical (unpaired) electrons. The van der Waals surface area contributed by atoms with E-state index in [1.807, 2.05) is 0 Å². The lowest BCUT2D eigenvalue weighted by atomic mass is 10.1. The van der Waals surface area contributed by atoms with Gasteiger partial charge in [0, 0.05) is 38.2 Å². The van der Waals surface area contributed by atoms with Crippen LogP contribution >= 0.6 is 0 Å². The summed E-state index contributed by atoms with van der Waals surface area (Å²) in [5.41, 5.74) is 1.76. The summed E-state index contributed by atoms with van der Waals surface area (Å²) in [6, 6.07) is 5.45. The molecule has 1 aliphatic heterocycles. The van der Waals surface area contributed by atoms with Crippen LogP contribution in [-0.2, 0) is 9.53 Å². The molecular weight excluding hydrogens is 464 g/mol. The Labute approximate surface area is 210 Å². The molecule has 1 aliphatic carbocycles. The molecule has 1 aromatic carbocycles. The van der Waals surface area contributed by atoms with Gasteiger partial charge in [-0.25, -0.2) is 4.98 Å². The molecule has 2 heterocycles. The zero-order chi connectivity index (χ0) is 25.5. The number of nitrogens with zero attached hydrogens (tertiary/aromatic N) is 4. The van der Waals surface area contributed by atoms with Crippen LogP contribution < -0.4 is 25.2 Å². The second kappa shape index (κ2) is 12.0. The van der Waals surface area contributed by atoms with E-state index in [0.29, 0.717) is 60.8 Å². The number of methoxy groups -OCH3 is 1. The van der Waals surface area contributed by atoms with E-state index in [4.69, 9.17) is 19.6 Å². The number of carbonyl (C=O) groups is 2. The van der Waals surface area contributed by atoms with E-state index in [0.717, 1.165) is 18.7 Å². The quantitative estimate of drug-likeness (QED) is 0.422. The number of hydrogen-bond donors (Lipinski definition) is 3. The van der Waals surface area contributed by atoms with Crippen LogP contribution in [0.4, 0.5) is 23.1 Å². The molecule has 2 amide bonds. The minimum Gasteiger partial charge on any atom is -0.495 e. The zero-order valence-corrected chi connectivity index (χ0v) is 20.8. The monoisotopic (exact) mass is 498 g/mol. The van der Waals surface area contributed by atoms with Gasteiger partial charge in [0.25, 0.3) is 5.91 Å². The number of carbonyl (C=O) groups excluding carboxylic acids is 2. The summed E-state index contributed by atoms with van der Waals surface area (Å²) in [4.78, 5) is 38.2. The maximum absolute atomic E-state index is 12.6. The molecule has 2 aliphatic rings. The number of aliphatic hydroxyl groups is 1. The van der Waals surface area contributed by atoms with Crippen LogP contribution in [0, 0.1) is 0 Å².